The van der Waals surface area contributed by atoms with E-state index in [1.807, 2.05) is 12.1 Å². The quantitative estimate of drug-likeness (QED) is 0.787. The fourth-order valence-electron chi connectivity index (χ4n) is 1.70. The maximum Gasteiger partial charge on any atom is 0.244 e. The van der Waals surface area contributed by atoms with Gasteiger partial charge in [-0.05, 0) is 42.0 Å². The zero-order valence-electron chi connectivity index (χ0n) is 10.9. The van der Waals surface area contributed by atoms with Crippen LogP contribution in [0, 0.1) is 5.82 Å². The highest BCUT2D eigenvalue weighted by molar-refractivity contribution is 9.10. The molecule has 0 spiro atoms. The summed E-state index contributed by atoms with van der Waals surface area (Å²) in [5, 5.41) is 3.33. The van der Waals surface area contributed by atoms with Gasteiger partial charge in [-0.1, -0.05) is 39.7 Å². The van der Waals surface area contributed by atoms with E-state index in [0.29, 0.717) is 17.1 Å². The zero-order valence-corrected chi connectivity index (χ0v) is 13.3. The van der Waals surface area contributed by atoms with Crippen molar-refractivity contribution >= 4 is 39.5 Å². The number of hydrogen-bond donors (Lipinski definition) is 1. The van der Waals surface area contributed by atoms with Crippen LogP contribution in [0.15, 0.2) is 53.0 Å². The molecule has 0 atom stereocenters. The highest BCUT2D eigenvalue weighted by atomic mass is 79.9. The Morgan fingerprint density at radius 3 is 2.86 bits per heavy atom. The number of carbonyl (C=O) groups excluding carboxylic acids is 1. The third-order valence-electron chi connectivity index (χ3n) is 2.73. The molecule has 108 valence electrons. The van der Waals surface area contributed by atoms with Gasteiger partial charge in [0.25, 0.3) is 0 Å². The largest absolute Gasteiger partial charge is 0.348 e. The Bertz CT molecular complexity index is 688. The van der Waals surface area contributed by atoms with E-state index in [2.05, 4.69) is 21.2 Å². The Hall–Kier alpha value is -1.65. The minimum atomic E-state index is -0.378. The Morgan fingerprint density at radius 1 is 1.29 bits per heavy atom. The van der Waals surface area contributed by atoms with Crippen molar-refractivity contribution in [3.63, 3.8) is 0 Å². The van der Waals surface area contributed by atoms with E-state index in [9.17, 15) is 9.18 Å². The van der Waals surface area contributed by atoms with Crippen LogP contribution in [0.1, 0.15) is 11.1 Å². The van der Waals surface area contributed by atoms with Crippen LogP contribution >= 0.6 is 27.5 Å². The summed E-state index contributed by atoms with van der Waals surface area (Å²) in [5.74, 6) is -0.675. The number of hydrogen-bond acceptors (Lipinski definition) is 1. The van der Waals surface area contributed by atoms with Crippen LogP contribution in [0.25, 0.3) is 6.08 Å². The summed E-state index contributed by atoms with van der Waals surface area (Å²) in [6.45, 7) is 0.366. The first kappa shape index (κ1) is 15.7. The second-order valence-corrected chi connectivity index (χ2v) is 5.70. The lowest BCUT2D eigenvalue weighted by Gasteiger charge is -2.03. The predicted molar refractivity (Wildman–Crippen MR) is 86.4 cm³/mol. The summed E-state index contributed by atoms with van der Waals surface area (Å²) < 4.78 is 14.2. The van der Waals surface area contributed by atoms with E-state index in [4.69, 9.17) is 11.6 Å². The number of carbonyl (C=O) groups is 1. The van der Waals surface area contributed by atoms with Crippen molar-refractivity contribution in [2.45, 2.75) is 6.54 Å². The molecule has 0 bridgehead atoms. The highest BCUT2D eigenvalue weighted by Crippen LogP contribution is 2.16. The molecule has 1 amide bonds. The summed E-state index contributed by atoms with van der Waals surface area (Å²) in [7, 11) is 0. The van der Waals surface area contributed by atoms with Gasteiger partial charge >= 0.3 is 0 Å². The van der Waals surface area contributed by atoms with Crippen LogP contribution < -0.4 is 5.32 Å². The maximum absolute atomic E-state index is 13.5. The summed E-state index contributed by atoms with van der Waals surface area (Å²) in [6, 6.07) is 11.8. The van der Waals surface area contributed by atoms with Gasteiger partial charge in [-0.15, -0.1) is 0 Å². The number of benzene rings is 2. The van der Waals surface area contributed by atoms with Gasteiger partial charge in [0, 0.05) is 27.7 Å². The van der Waals surface area contributed by atoms with Crippen molar-refractivity contribution in [2.24, 2.45) is 0 Å². The van der Waals surface area contributed by atoms with Crippen molar-refractivity contribution in [2.75, 3.05) is 0 Å². The molecule has 2 aromatic carbocycles. The lowest BCUT2D eigenvalue weighted by Crippen LogP contribution is -2.20. The van der Waals surface area contributed by atoms with Gasteiger partial charge in [0.1, 0.15) is 5.82 Å². The van der Waals surface area contributed by atoms with Gasteiger partial charge in [0.05, 0.1) is 0 Å². The van der Waals surface area contributed by atoms with E-state index >= 15 is 0 Å². The van der Waals surface area contributed by atoms with Crippen molar-refractivity contribution < 1.29 is 9.18 Å². The third-order valence-corrected chi connectivity index (χ3v) is 3.46. The van der Waals surface area contributed by atoms with E-state index in [1.165, 1.54) is 18.2 Å². The SMILES string of the molecule is O=C(/C=C/c1cc(Br)ccc1F)NCc1cccc(Cl)c1. The first-order valence-electron chi connectivity index (χ1n) is 6.20. The molecule has 2 rings (SSSR count). The van der Waals surface area contributed by atoms with E-state index < -0.39 is 0 Å². The summed E-state index contributed by atoms with van der Waals surface area (Å²) in [6.07, 6.45) is 2.74. The Kier molecular flexibility index (Phi) is 5.53. The molecular weight excluding hydrogens is 357 g/mol. The third kappa shape index (κ3) is 4.99. The summed E-state index contributed by atoms with van der Waals surface area (Å²) in [4.78, 5) is 11.7. The number of rotatable bonds is 4. The number of nitrogens with one attached hydrogen (secondary N) is 1. The molecule has 0 aromatic heterocycles. The molecule has 0 radical (unpaired) electrons. The van der Waals surface area contributed by atoms with Crippen LogP contribution in [0.4, 0.5) is 4.39 Å². The Balaban J connectivity index is 1.95. The first-order chi connectivity index (χ1) is 10.0. The van der Waals surface area contributed by atoms with Gasteiger partial charge in [0.2, 0.25) is 5.91 Å². The lowest BCUT2D eigenvalue weighted by molar-refractivity contribution is -0.116. The van der Waals surface area contributed by atoms with Crippen LogP contribution in [0.2, 0.25) is 5.02 Å². The van der Waals surface area contributed by atoms with Gasteiger partial charge in [0.15, 0.2) is 0 Å². The maximum atomic E-state index is 13.5. The van der Waals surface area contributed by atoms with E-state index in [1.54, 1.807) is 24.3 Å². The fourth-order valence-corrected chi connectivity index (χ4v) is 2.29. The molecule has 0 saturated heterocycles. The highest BCUT2D eigenvalue weighted by Gasteiger charge is 2.01. The standard InChI is InChI=1S/C16H12BrClFNO/c17-13-5-6-15(19)12(9-13)4-7-16(21)20-10-11-2-1-3-14(18)8-11/h1-9H,10H2,(H,20,21)/b7-4+. The van der Waals surface area contributed by atoms with Crippen LogP contribution in [0.3, 0.4) is 0 Å². The van der Waals surface area contributed by atoms with Crippen molar-refractivity contribution in [3.8, 4) is 0 Å². The van der Waals surface area contributed by atoms with Crippen LogP contribution in [0.5, 0.6) is 0 Å². The second kappa shape index (κ2) is 7.38. The van der Waals surface area contributed by atoms with E-state index in [0.717, 1.165) is 10.0 Å². The minimum absolute atomic E-state index is 0.297. The molecule has 0 aliphatic heterocycles. The first-order valence-corrected chi connectivity index (χ1v) is 7.37. The summed E-state index contributed by atoms with van der Waals surface area (Å²) >= 11 is 9.12. The van der Waals surface area contributed by atoms with Gasteiger partial charge in [-0.2, -0.15) is 0 Å². The van der Waals surface area contributed by atoms with Crippen molar-refractivity contribution in [1.29, 1.82) is 0 Å². The molecular formula is C16H12BrClFNO. The molecule has 0 aliphatic carbocycles. The van der Waals surface area contributed by atoms with Gasteiger partial charge in [-0.3, -0.25) is 4.79 Å². The molecule has 0 aliphatic rings. The summed E-state index contributed by atoms with van der Waals surface area (Å²) in [5.41, 5.74) is 1.25. The van der Waals surface area contributed by atoms with E-state index in [-0.39, 0.29) is 11.7 Å². The molecule has 2 aromatic rings. The Labute approximate surface area is 135 Å². The molecule has 0 unspecified atom stereocenters. The van der Waals surface area contributed by atoms with Crippen molar-refractivity contribution in [1.82, 2.24) is 5.32 Å². The molecule has 1 N–H and O–H groups in total. The smallest absolute Gasteiger partial charge is 0.244 e. The number of halogens is 3. The minimum Gasteiger partial charge on any atom is -0.348 e. The van der Waals surface area contributed by atoms with Crippen LogP contribution in [-0.2, 0) is 11.3 Å². The van der Waals surface area contributed by atoms with Gasteiger partial charge < -0.3 is 5.32 Å². The van der Waals surface area contributed by atoms with Crippen molar-refractivity contribution in [3.05, 3.63) is 75.0 Å². The fraction of sp³-hybridized carbons (Fsp3) is 0.0625. The van der Waals surface area contributed by atoms with Gasteiger partial charge in [-0.25, -0.2) is 4.39 Å². The average molecular weight is 369 g/mol. The molecule has 21 heavy (non-hydrogen) atoms. The molecule has 0 heterocycles. The number of amides is 1. The Morgan fingerprint density at radius 2 is 2.10 bits per heavy atom. The normalized spacial score (nSPS) is 10.8. The monoisotopic (exact) mass is 367 g/mol. The topological polar surface area (TPSA) is 29.1 Å². The molecule has 0 fully saturated rings. The lowest BCUT2D eigenvalue weighted by atomic mass is 10.2. The zero-order chi connectivity index (χ0) is 15.2. The second-order valence-electron chi connectivity index (χ2n) is 4.35. The molecule has 0 saturated carbocycles. The average Bonchev–Trinajstić information content (AvgIpc) is 2.46. The predicted octanol–water partition coefficient (Wildman–Crippen LogP) is 4.57. The molecule has 5 heteroatoms. The molecule has 2 nitrogen and oxygen atoms in total. The van der Waals surface area contributed by atoms with Crippen LogP contribution in [-0.4, -0.2) is 5.91 Å².